The molecule has 2 aliphatic heterocycles. The molecule has 8 heteroatoms. The fourth-order valence-corrected chi connectivity index (χ4v) is 4.75. The minimum absolute atomic E-state index is 0.0113. The number of piperidine rings is 1. The number of amides is 2. The van der Waals surface area contributed by atoms with Crippen LogP contribution in [0.5, 0.6) is 0 Å². The van der Waals surface area contributed by atoms with Crippen molar-refractivity contribution in [2.24, 2.45) is 5.92 Å². The zero-order chi connectivity index (χ0) is 21.9. The van der Waals surface area contributed by atoms with Gasteiger partial charge in [0.15, 0.2) is 0 Å². The SMILES string of the molecule is O=C1NC[C@@H](C2CCN(C(=O)CCc3nc(-c4cccnc4)no3)CC2)c2ccccc21. The molecule has 0 aliphatic carbocycles. The van der Waals surface area contributed by atoms with Crippen LogP contribution in [0, 0.1) is 5.92 Å². The molecule has 164 valence electrons. The van der Waals surface area contributed by atoms with Crippen LogP contribution in [0.1, 0.15) is 47.0 Å². The summed E-state index contributed by atoms with van der Waals surface area (Å²) >= 11 is 0. The Labute approximate surface area is 186 Å². The molecule has 1 N–H and O–H groups in total. The molecule has 0 radical (unpaired) electrons. The molecular weight excluding hydrogens is 406 g/mol. The smallest absolute Gasteiger partial charge is 0.251 e. The van der Waals surface area contributed by atoms with E-state index in [2.05, 4.69) is 26.5 Å². The first-order chi connectivity index (χ1) is 15.7. The summed E-state index contributed by atoms with van der Waals surface area (Å²) in [6, 6.07) is 11.6. The highest BCUT2D eigenvalue weighted by molar-refractivity contribution is 5.97. The molecule has 2 aromatic heterocycles. The second-order valence-corrected chi connectivity index (χ2v) is 8.38. The van der Waals surface area contributed by atoms with Crippen molar-refractivity contribution in [3.8, 4) is 11.4 Å². The van der Waals surface area contributed by atoms with E-state index in [0.717, 1.165) is 42.6 Å². The predicted octanol–water partition coefficient (Wildman–Crippen LogP) is 2.83. The number of likely N-dealkylation sites (tertiary alicyclic amines) is 1. The lowest BCUT2D eigenvalue weighted by Crippen LogP contribution is -2.43. The number of aryl methyl sites for hydroxylation is 1. The van der Waals surface area contributed by atoms with E-state index in [1.165, 1.54) is 0 Å². The lowest BCUT2D eigenvalue weighted by molar-refractivity contribution is -0.132. The fraction of sp³-hybridized carbons (Fsp3) is 0.375. The van der Waals surface area contributed by atoms with Crippen LogP contribution in [0.3, 0.4) is 0 Å². The van der Waals surface area contributed by atoms with Gasteiger partial charge in [-0.05, 0) is 42.5 Å². The molecule has 0 bridgehead atoms. The average molecular weight is 431 g/mol. The molecular formula is C24H25N5O3. The standard InChI is InChI=1S/C24H25N5O3/c30-22(8-7-21-27-23(28-32-21)17-4-3-11-25-14-17)29-12-9-16(10-13-29)20-15-26-24(31)19-6-2-1-5-18(19)20/h1-6,11,14,16,20H,7-10,12-13,15H2,(H,26,31)/t20-/m0/s1. The van der Waals surface area contributed by atoms with Crippen molar-refractivity contribution >= 4 is 11.8 Å². The van der Waals surface area contributed by atoms with Crippen molar-refractivity contribution in [3.05, 3.63) is 65.8 Å². The van der Waals surface area contributed by atoms with E-state index in [-0.39, 0.29) is 11.8 Å². The van der Waals surface area contributed by atoms with Gasteiger partial charge in [-0.2, -0.15) is 4.98 Å². The van der Waals surface area contributed by atoms with Crippen molar-refractivity contribution in [1.82, 2.24) is 25.3 Å². The molecule has 1 saturated heterocycles. The lowest BCUT2D eigenvalue weighted by atomic mass is 9.76. The Bertz CT molecular complexity index is 1110. The third-order valence-electron chi connectivity index (χ3n) is 6.49. The van der Waals surface area contributed by atoms with Crippen molar-refractivity contribution in [1.29, 1.82) is 0 Å². The molecule has 32 heavy (non-hydrogen) atoms. The Hall–Kier alpha value is -3.55. The number of carbonyl (C=O) groups excluding carboxylic acids is 2. The number of nitrogens with one attached hydrogen (secondary N) is 1. The van der Waals surface area contributed by atoms with Crippen LogP contribution in [0.4, 0.5) is 0 Å². The zero-order valence-corrected chi connectivity index (χ0v) is 17.7. The number of pyridine rings is 1. The van der Waals surface area contributed by atoms with Gasteiger partial charge in [-0.25, -0.2) is 0 Å². The molecule has 8 nitrogen and oxygen atoms in total. The molecule has 5 rings (SSSR count). The Morgan fingerprint density at radius 3 is 2.81 bits per heavy atom. The summed E-state index contributed by atoms with van der Waals surface area (Å²) in [6.07, 6.45) is 6.02. The van der Waals surface area contributed by atoms with Crippen LogP contribution in [0.25, 0.3) is 11.4 Å². The second-order valence-electron chi connectivity index (χ2n) is 8.38. The van der Waals surface area contributed by atoms with E-state index in [4.69, 9.17) is 4.52 Å². The minimum atomic E-state index is 0.0113. The highest BCUT2D eigenvalue weighted by Crippen LogP contribution is 2.36. The van der Waals surface area contributed by atoms with Gasteiger partial charge in [0.25, 0.3) is 5.91 Å². The Morgan fingerprint density at radius 1 is 1.16 bits per heavy atom. The molecule has 2 aliphatic rings. The number of rotatable bonds is 5. The van der Waals surface area contributed by atoms with Gasteiger partial charge in [-0.1, -0.05) is 23.4 Å². The van der Waals surface area contributed by atoms with Crippen LogP contribution < -0.4 is 5.32 Å². The highest BCUT2D eigenvalue weighted by Gasteiger charge is 2.33. The van der Waals surface area contributed by atoms with E-state index in [1.807, 2.05) is 35.2 Å². The Kier molecular flexibility index (Phi) is 5.66. The van der Waals surface area contributed by atoms with E-state index >= 15 is 0 Å². The average Bonchev–Trinajstić information content (AvgIpc) is 3.33. The van der Waals surface area contributed by atoms with Crippen LogP contribution in [-0.4, -0.2) is 51.5 Å². The van der Waals surface area contributed by atoms with E-state index in [0.29, 0.717) is 42.9 Å². The number of fused-ring (bicyclic) bond motifs is 1. The summed E-state index contributed by atoms with van der Waals surface area (Å²) in [5, 5.41) is 7.01. The maximum Gasteiger partial charge on any atom is 0.251 e. The van der Waals surface area contributed by atoms with Gasteiger partial charge in [0.2, 0.25) is 17.6 Å². The van der Waals surface area contributed by atoms with Crippen LogP contribution >= 0.6 is 0 Å². The fourth-order valence-electron chi connectivity index (χ4n) is 4.75. The minimum Gasteiger partial charge on any atom is -0.351 e. The summed E-state index contributed by atoms with van der Waals surface area (Å²) in [4.78, 5) is 35.3. The Balaban J connectivity index is 1.14. The number of benzene rings is 1. The quantitative estimate of drug-likeness (QED) is 0.667. The molecule has 3 aromatic rings. The predicted molar refractivity (Wildman–Crippen MR) is 117 cm³/mol. The summed E-state index contributed by atoms with van der Waals surface area (Å²) in [7, 11) is 0. The molecule has 1 aromatic carbocycles. The van der Waals surface area contributed by atoms with E-state index in [1.54, 1.807) is 12.4 Å². The van der Waals surface area contributed by atoms with Gasteiger partial charge in [0.1, 0.15) is 0 Å². The normalized spacial score (nSPS) is 18.8. The molecule has 0 spiro atoms. The molecule has 0 saturated carbocycles. The third kappa shape index (κ3) is 4.12. The maximum atomic E-state index is 12.7. The molecule has 0 unspecified atom stereocenters. The van der Waals surface area contributed by atoms with Gasteiger partial charge in [-0.15, -0.1) is 0 Å². The molecule has 4 heterocycles. The monoisotopic (exact) mass is 431 g/mol. The first-order valence-corrected chi connectivity index (χ1v) is 11.1. The topological polar surface area (TPSA) is 101 Å². The van der Waals surface area contributed by atoms with E-state index < -0.39 is 0 Å². The largest absolute Gasteiger partial charge is 0.351 e. The highest BCUT2D eigenvalue weighted by atomic mass is 16.5. The van der Waals surface area contributed by atoms with Crippen LogP contribution in [-0.2, 0) is 11.2 Å². The summed E-state index contributed by atoms with van der Waals surface area (Å²) in [5.41, 5.74) is 2.71. The third-order valence-corrected chi connectivity index (χ3v) is 6.49. The van der Waals surface area contributed by atoms with Crippen molar-refractivity contribution < 1.29 is 14.1 Å². The number of aromatic nitrogens is 3. The second kappa shape index (κ2) is 8.90. The molecule has 1 fully saturated rings. The molecule has 1 atom stereocenters. The van der Waals surface area contributed by atoms with Gasteiger partial charge in [0.05, 0.1) is 0 Å². The number of carbonyl (C=O) groups is 2. The summed E-state index contributed by atoms with van der Waals surface area (Å²) < 4.78 is 5.30. The first-order valence-electron chi connectivity index (χ1n) is 11.1. The number of hydrogen-bond acceptors (Lipinski definition) is 6. The first kappa shape index (κ1) is 20.4. The number of nitrogens with zero attached hydrogens (tertiary/aromatic N) is 4. The number of hydrogen-bond donors (Lipinski definition) is 1. The van der Waals surface area contributed by atoms with Crippen LogP contribution in [0.15, 0.2) is 53.3 Å². The molecule has 2 amide bonds. The maximum absolute atomic E-state index is 12.7. The zero-order valence-electron chi connectivity index (χ0n) is 17.7. The van der Waals surface area contributed by atoms with Gasteiger partial charge >= 0.3 is 0 Å². The van der Waals surface area contributed by atoms with Gasteiger partial charge in [-0.3, -0.25) is 14.6 Å². The Morgan fingerprint density at radius 2 is 2.00 bits per heavy atom. The van der Waals surface area contributed by atoms with Crippen molar-refractivity contribution in [3.63, 3.8) is 0 Å². The van der Waals surface area contributed by atoms with Crippen LogP contribution in [0.2, 0.25) is 0 Å². The van der Waals surface area contributed by atoms with E-state index in [9.17, 15) is 9.59 Å². The summed E-state index contributed by atoms with van der Waals surface area (Å²) in [6.45, 7) is 2.15. The van der Waals surface area contributed by atoms with Gasteiger partial charge in [0, 0.05) is 61.9 Å². The van der Waals surface area contributed by atoms with Gasteiger partial charge < -0.3 is 14.7 Å². The van der Waals surface area contributed by atoms with Crippen molar-refractivity contribution in [2.45, 2.75) is 31.6 Å². The van der Waals surface area contributed by atoms with Crippen molar-refractivity contribution in [2.75, 3.05) is 19.6 Å². The lowest BCUT2D eigenvalue weighted by Gasteiger charge is -2.38. The summed E-state index contributed by atoms with van der Waals surface area (Å²) in [5.74, 6) is 1.84.